The molecule has 1 aliphatic carbocycles. The molecule has 2 aromatic rings. The molecule has 1 unspecified atom stereocenters. The molecule has 0 saturated heterocycles. The highest BCUT2D eigenvalue weighted by atomic mass is 19.1. The van der Waals surface area contributed by atoms with Gasteiger partial charge < -0.3 is 5.32 Å². The van der Waals surface area contributed by atoms with Crippen molar-refractivity contribution >= 4 is 0 Å². The predicted molar refractivity (Wildman–Crippen MR) is 75.8 cm³/mol. The van der Waals surface area contributed by atoms with Crippen LogP contribution >= 0.6 is 0 Å². The molecule has 0 aromatic heterocycles. The summed E-state index contributed by atoms with van der Waals surface area (Å²) in [7, 11) is 1.88. The molecule has 0 bridgehead atoms. The molecule has 0 fully saturated rings. The summed E-state index contributed by atoms with van der Waals surface area (Å²) in [4.78, 5) is 0. The number of hydrogen-bond acceptors (Lipinski definition) is 1. The fourth-order valence-corrected chi connectivity index (χ4v) is 2.98. The van der Waals surface area contributed by atoms with Crippen LogP contribution in [0.2, 0.25) is 0 Å². The van der Waals surface area contributed by atoms with E-state index in [1.165, 1.54) is 30.0 Å². The zero-order valence-electron chi connectivity index (χ0n) is 11.1. The minimum absolute atomic E-state index is 0.0768. The minimum Gasteiger partial charge on any atom is -0.309 e. The van der Waals surface area contributed by atoms with E-state index in [2.05, 4.69) is 23.5 Å². The standard InChI is InChI=1S/C17H18FN/c1-19-17(15-7-2-3-8-16(15)18)14-10-9-12-5-4-6-13(12)11-14/h2-3,7-11,17,19H,4-6H2,1H3. The highest BCUT2D eigenvalue weighted by molar-refractivity contribution is 5.40. The Balaban J connectivity index is 2.01. The van der Waals surface area contributed by atoms with E-state index >= 15 is 0 Å². The van der Waals surface area contributed by atoms with Crippen LogP contribution in [0.15, 0.2) is 42.5 Å². The summed E-state index contributed by atoms with van der Waals surface area (Å²) >= 11 is 0. The fourth-order valence-electron chi connectivity index (χ4n) is 2.98. The molecular formula is C17H18FN. The lowest BCUT2D eigenvalue weighted by Gasteiger charge is -2.19. The summed E-state index contributed by atoms with van der Waals surface area (Å²) in [6, 6.07) is 13.5. The molecule has 0 amide bonds. The van der Waals surface area contributed by atoms with Crippen LogP contribution in [0.25, 0.3) is 0 Å². The number of rotatable bonds is 3. The first-order valence-corrected chi connectivity index (χ1v) is 6.83. The number of hydrogen-bond donors (Lipinski definition) is 1. The van der Waals surface area contributed by atoms with Crippen LogP contribution in [0.4, 0.5) is 4.39 Å². The Morgan fingerprint density at radius 2 is 1.84 bits per heavy atom. The molecular weight excluding hydrogens is 237 g/mol. The Labute approximate surface area is 113 Å². The number of halogens is 1. The molecule has 2 aromatic carbocycles. The van der Waals surface area contributed by atoms with E-state index in [0.717, 1.165) is 12.0 Å². The Kier molecular flexibility index (Phi) is 3.34. The van der Waals surface area contributed by atoms with Gasteiger partial charge >= 0.3 is 0 Å². The van der Waals surface area contributed by atoms with Gasteiger partial charge in [-0.25, -0.2) is 4.39 Å². The van der Waals surface area contributed by atoms with Gasteiger partial charge in [0.25, 0.3) is 0 Å². The second-order valence-electron chi connectivity index (χ2n) is 5.12. The van der Waals surface area contributed by atoms with Crippen molar-refractivity contribution in [1.29, 1.82) is 0 Å². The number of fused-ring (bicyclic) bond motifs is 1. The maximum atomic E-state index is 13.9. The summed E-state index contributed by atoms with van der Waals surface area (Å²) < 4.78 is 13.9. The van der Waals surface area contributed by atoms with Crippen molar-refractivity contribution in [2.24, 2.45) is 0 Å². The third-order valence-electron chi connectivity index (χ3n) is 3.96. The molecule has 0 saturated carbocycles. The van der Waals surface area contributed by atoms with Gasteiger partial charge in [0.1, 0.15) is 5.82 Å². The van der Waals surface area contributed by atoms with E-state index in [1.54, 1.807) is 6.07 Å². The quantitative estimate of drug-likeness (QED) is 0.883. The van der Waals surface area contributed by atoms with Gasteiger partial charge in [0.2, 0.25) is 0 Å². The van der Waals surface area contributed by atoms with E-state index in [9.17, 15) is 4.39 Å². The minimum atomic E-state index is -0.151. The first kappa shape index (κ1) is 12.4. The Morgan fingerprint density at radius 3 is 2.63 bits per heavy atom. The molecule has 0 heterocycles. The number of benzene rings is 2. The average Bonchev–Trinajstić information content (AvgIpc) is 2.89. The van der Waals surface area contributed by atoms with Crippen LogP contribution in [0.3, 0.4) is 0 Å². The van der Waals surface area contributed by atoms with E-state index in [4.69, 9.17) is 0 Å². The van der Waals surface area contributed by atoms with Crippen molar-refractivity contribution in [3.63, 3.8) is 0 Å². The summed E-state index contributed by atoms with van der Waals surface area (Å²) in [5.41, 5.74) is 4.73. The zero-order valence-corrected chi connectivity index (χ0v) is 11.1. The molecule has 0 radical (unpaired) electrons. The van der Waals surface area contributed by atoms with Crippen LogP contribution in [0.1, 0.15) is 34.7 Å². The third kappa shape index (κ3) is 2.28. The first-order chi connectivity index (χ1) is 9.29. The van der Waals surface area contributed by atoms with E-state index in [-0.39, 0.29) is 11.9 Å². The lowest BCUT2D eigenvalue weighted by atomic mass is 9.95. The predicted octanol–water partition coefficient (Wildman–Crippen LogP) is 3.62. The van der Waals surface area contributed by atoms with E-state index in [1.807, 2.05) is 19.2 Å². The third-order valence-corrected chi connectivity index (χ3v) is 3.96. The first-order valence-electron chi connectivity index (χ1n) is 6.83. The highest BCUT2D eigenvalue weighted by Crippen LogP contribution is 2.29. The summed E-state index contributed by atoms with van der Waals surface area (Å²) in [6.45, 7) is 0. The highest BCUT2D eigenvalue weighted by Gasteiger charge is 2.18. The van der Waals surface area contributed by atoms with Crippen molar-refractivity contribution in [3.8, 4) is 0 Å². The monoisotopic (exact) mass is 255 g/mol. The van der Waals surface area contributed by atoms with Crippen LogP contribution in [-0.4, -0.2) is 7.05 Å². The maximum Gasteiger partial charge on any atom is 0.128 e. The SMILES string of the molecule is CNC(c1ccc2c(c1)CCC2)c1ccccc1F. The van der Waals surface area contributed by atoms with Crippen molar-refractivity contribution in [1.82, 2.24) is 5.32 Å². The number of nitrogens with one attached hydrogen (secondary N) is 1. The van der Waals surface area contributed by atoms with Crippen LogP contribution in [0, 0.1) is 5.82 Å². The molecule has 1 nitrogen and oxygen atoms in total. The molecule has 0 spiro atoms. The van der Waals surface area contributed by atoms with Crippen molar-refractivity contribution in [2.45, 2.75) is 25.3 Å². The van der Waals surface area contributed by atoms with E-state index in [0.29, 0.717) is 5.56 Å². The molecule has 1 N–H and O–H groups in total. The van der Waals surface area contributed by atoms with Gasteiger partial charge in [0.15, 0.2) is 0 Å². The topological polar surface area (TPSA) is 12.0 Å². The van der Waals surface area contributed by atoms with E-state index < -0.39 is 0 Å². The molecule has 3 rings (SSSR count). The molecule has 2 heteroatoms. The van der Waals surface area contributed by atoms with Crippen LogP contribution < -0.4 is 5.32 Å². The van der Waals surface area contributed by atoms with Crippen molar-refractivity contribution in [3.05, 3.63) is 70.5 Å². The molecule has 1 atom stereocenters. The number of aryl methyl sites for hydroxylation is 2. The Morgan fingerprint density at radius 1 is 1.05 bits per heavy atom. The summed E-state index contributed by atoms with van der Waals surface area (Å²) in [6.07, 6.45) is 3.57. The molecule has 0 aliphatic heterocycles. The van der Waals surface area contributed by atoms with Crippen molar-refractivity contribution in [2.75, 3.05) is 7.05 Å². The summed E-state index contributed by atoms with van der Waals surface area (Å²) in [5.74, 6) is -0.151. The van der Waals surface area contributed by atoms with Gasteiger partial charge in [-0.2, -0.15) is 0 Å². The molecule has 19 heavy (non-hydrogen) atoms. The van der Waals surface area contributed by atoms with Crippen molar-refractivity contribution < 1.29 is 4.39 Å². The maximum absolute atomic E-state index is 13.9. The van der Waals surface area contributed by atoms with Gasteiger partial charge in [-0.15, -0.1) is 0 Å². The second-order valence-corrected chi connectivity index (χ2v) is 5.12. The molecule has 1 aliphatic rings. The molecule has 98 valence electrons. The van der Waals surface area contributed by atoms with Gasteiger partial charge in [0.05, 0.1) is 6.04 Å². The van der Waals surface area contributed by atoms with Gasteiger partial charge in [-0.1, -0.05) is 36.4 Å². The van der Waals surface area contributed by atoms with Gasteiger partial charge in [-0.05, 0) is 49.1 Å². The van der Waals surface area contributed by atoms with Gasteiger partial charge in [-0.3, -0.25) is 0 Å². The lowest BCUT2D eigenvalue weighted by molar-refractivity contribution is 0.576. The Bertz CT molecular complexity index is 592. The van der Waals surface area contributed by atoms with Crippen LogP contribution in [0.5, 0.6) is 0 Å². The smallest absolute Gasteiger partial charge is 0.128 e. The normalized spacial score (nSPS) is 15.3. The summed E-state index contributed by atoms with van der Waals surface area (Å²) in [5, 5.41) is 3.23. The van der Waals surface area contributed by atoms with Crippen LogP contribution in [-0.2, 0) is 12.8 Å². The van der Waals surface area contributed by atoms with Gasteiger partial charge in [0, 0.05) is 5.56 Å². The Hall–Kier alpha value is -1.67. The average molecular weight is 255 g/mol. The lowest BCUT2D eigenvalue weighted by Crippen LogP contribution is -2.19. The largest absolute Gasteiger partial charge is 0.309 e. The second kappa shape index (κ2) is 5.14. The zero-order chi connectivity index (χ0) is 13.2. The fraction of sp³-hybridized carbons (Fsp3) is 0.294.